The van der Waals surface area contributed by atoms with Crippen molar-refractivity contribution in [3.05, 3.63) is 47.8 Å². The summed E-state index contributed by atoms with van der Waals surface area (Å²) in [5, 5.41) is 10.3. The number of H-pyrrole nitrogens is 2. The molecular weight excluding hydrogens is 298 g/mol. The number of aromatic amines is 2. The lowest BCUT2D eigenvalue weighted by molar-refractivity contribution is -0.143. The fraction of sp³-hybridized carbons (Fsp3) is 0.200. The smallest absolute Gasteiger partial charge is 0.332 e. The molecule has 0 radical (unpaired) electrons. The first kappa shape index (κ1) is 13.5. The molecule has 116 valence electrons. The van der Waals surface area contributed by atoms with Crippen LogP contribution in [0, 0.1) is 0 Å². The van der Waals surface area contributed by atoms with Crippen LogP contribution in [0.4, 0.5) is 0 Å². The Morgan fingerprint density at radius 3 is 3.00 bits per heavy atom. The maximum Gasteiger partial charge on any atom is 0.332 e. The van der Waals surface area contributed by atoms with Crippen LogP contribution < -0.4 is 0 Å². The Hall–Kier alpha value is -3.16. The molecule has 23 heavy (non-hydrogen) atoms. The van der Waals surface area contributed by atoms with Gasteiger partial charge < -0.3 is 20.0 Å². The van der Waals surface area contributed by atoms with E-state index in [1.807, 2.05) is 6.07 Å². The molecule has 0 bridgehead atoms. The number of pyridine rings is 1. The van der Waals surface area contributed by atoms with Gasteiger partial charge in [0.2, 0.25) is 0 Å². The molecule has 0 aliphatic carbocycles. The summed E-state index contributed by atoms with van der Waals surface area (Å²) in [5.41, 5.74) is 2.08. The van der Waals surface area contributed by atoms with Crippen LogP contribution in [0.2, 0.25) is 0 Å². The third-order valence-corrected chi connectivity index (χ3v) is 4.04. The van der Waals surface area contributed by atoms with Crippen LogP contribution in [-0.2, 0) is 11.2 Å². The van der Waals surface area contributed by atoms with E-state index in [1.165, 1.54) is 11.2 Å². The van der Waals surface area contributed by atoms with E-state index in [9.17, 15) is 14.7 Å². The number of hydrogen-bond donors (Lipinski definition) is 3. The SMILES string of the molecule is O=C(O)C1c2nc[nH]c2CCN1C(=O)c1cc2cccnc2[nH]1. The number of hydrogen-bond acceptors (Lipinski definition) is 4. The molecule has 8 nitrogen and oxygen atoms in total. The molecule has 3 N–H and O–H groups in total. The van der Waals surface area contributed by atoms with Crippen molar-refractivity contribution in [3.8, 4) is 0 Å². The van der Waals surface area contributed by atoms with E-state index in [2.05, 4.69) is 19.9 Å². The van der Waals surface area contributed by atoms with Gasteiger partial charge in [-0.15, -0.1) is 0 Å². The van der Waals surface area contributed by atoms with E-state index in [4.69, 9.17) is 0 Å². The number of amides is 1. The fourth-order valence-corrected chi connectivity index (χ4v) is 2.97. The van der Waals surface area contributed by atoms with Crippen molar-refractivity contribution < 1.29 is 14.7 Å². The molecule has 8 heteroatoms. The second kappa shape index (κ2) is 4.94. The van der Waals surface area contributed by atoms with Crippen LogP contribution in [0.1, 0.15) is 27.9 Å². The number of fused-ring (bicyclic) bond motifs is 2. The number of aliphatic carboxylic acids is 1. The van der Waals surface area contributed by atoms with Crippen molar-refractivity contribution in [2.75, 3.05) is 6.54 Å². The number of rotatable bonds is 2. The molecule has 4 heterocycles. The lowest BCUT2D eigenvalue weighted by atomic mass is 10.0. The maximum absolute atomic E-state index is 12.8. The Labute approximate surface area is 130 Å². The number of imidazole rings is 1. The molecule has 4 rings (SSSR count). The van der Waals surface area contributed by atoms with Gasteiger partial charge in [-0.05, 0) is 18.2 Å². The minimum atomic E-state index is -1.10. The van der Waals surface area contributed by atoms with Gasteiger partial charge in [-0.2, -0.15) is 0 Å². The predicted octanol–water partition coefficient (Wildman–Crippen LogP) is 1.11. The van der Waals surface area contributed by atoms with Crippen molar-refractivity contribution in [1.29, 1.82) is 0 Å². The Morgan fingerprint density at radius 2 is 2.22 bits per heavy atom. The summed E-state index contributed by atoms with van der Waals surface area (Å²) < 4.78 is 0. The van der Waals surface area contributed by atoms with Crippen LogP contribution in [0.15, 0.2) is 30.7 Å². The first-order chi connectivity index (χ1) is 11.1. The summed E-state index contributed by atoms with van der Waals surface area (Å²) in [7, 11) is 0. The van der Waals surface area contributed by atoms with Crippen molar-refractivity contribution in [2.24, 2.45) is 0 Å². The van der Waals surface area contributed by atoms with Gasteiger partial charge in [0.1, 0.15) is 11.3 Å². The molecule has 3 aromatic heterocycles. The largest absolute Gasteiger partial charge is 0.479 e. The van der Waals surface area contributed by atoms with E-state index in [0.717, 1.165) is 11.1 Å². The van der Waals surface area contributed by atoms with Crippen LogP contribution in [0.25, 0.3) is 11.0 Å². The molecule has 1 unspecified atom stereocenters. The molecule has 0 spiro atoms. The Morgan fingerprint density at radius 1 is 1.35 bits per heavy atom. The van der Waals surface area contributed by atoms with Crippen LogP contribution in [-0.4, -0.2) is 48.4 Å². The molecule has 1 amide bonds. The van der Waals surface area contributed by atoms with Gasteiger partial charge in [0.05, 0.1) is 12.0 Å². The van der Waals surface area contributed by atoms with Crippen molar-refractivity contribution in [2.45, 2.75) is 12.5 Å². The highest BCUT2D eigenvalue weighted by molar-refractivity contribution is 5.99. The number of carboxylic acid groups (broad SMARTS) is 1. The molecule has 0 aromatic carbocycles. The predicted molar refractivity (Wildman–Crippen MR) is 79.8 cm³/mol. The summed E-state index contributed by atoms with van der Waals surface area (Å²) >= 11 is 0. The van der Waals surface area contributed by atoms with Crippen LogP contribution in [0.3, 0.4) is 0 Å². The average molecular weight is 311 g/mol. The molecule has 3 aromatic rings. The van der Waals surface area contributed by atoms with Gasteiger partial charge in [-0.1, -0.05) is 0 Å². The Bertz CT molecular complexity index is 880. The van der Waals surface area contributed by atoms with E-state index >= 15 is 0 Å². The zero-order valence-electron chi connectivity index (χ0n) is 12.0. The highest BCUT2D eigenvalue weighted by atomic mass is 16.4. The first-order valence-electron chi connectivity index (χ1n) is 7.15. The number of aromatic nitrogens is 4. The molecule has 0 saturated carbocycles. The lowest BCUT2D eigenvalue weighted by Gasteiger charge is -2.31. The minimum absolute atomic E-state index is 0.313. The number of carboxylic acids is 1. The summed E-state index contributed by atoms with van der Waals surface area (Å²) in [5.74, 6) is -1.47. The third kappa shape index (κ3) is 2.07. The third-order valence-electron chi connectivity index (χ3n) is 4.04. The first-order valence-corrected chi connectivity index (χ1v) is 7.15. The molecule has 1 atom stereocenters. The van der Waals surface area contributed by atoms with Crippen molar-refractivity contribution >= 4 is 22.9 Å². The van der Waals surface area contributed by atoms with Gasteiger partial charge in [0, 0.05) is 30.2 Å². The molecular formula is C15H13N5O3. The summed E-state index contributed by atoms with van der Waals surface area (Å²) in [6.07, 6.45) is 3.63. The highest BCUT2D eigenvalue weighted by Gasteiger charge is 2.38. The quantitative estimate of drug-likeness (QED) is 0.656. The van der Waals surface area contributed by atoms with E-state index in [1.54, 1.807) is 18.3 Å². The van der Waals surface area contributed by atoms with Gasteiger partial charge in [0.15, 0.2) is 6.04 Å². The second-order valence-corrected chi connectivity index (χ2v) is 5.38. The Balaban J connectivity index is 1.74. The van der Waals surface area contributed by atoms with Crippen molar-refractivity contribution in [1.82, 2.24) is 24.8 Å². The minimum Gasteiger partial charge on any atom is -0.479 e. The van der Waals surface area contributed by atoms with E-state index < -0.39 is 12.0 Å². The van der Waals surface area contributed by atoms with Crippen LogP contribution >= 0.6 is 0 Å². The highest BCUT2D eigenvalue weighted by Crippen LogP contribution is 2.29. The van der Waals surface area contributed by atoms with Gasteiger partial charge >= 0.3 is 5.97 Å². The Kier molecular flexibility index (Phi) is 2.90. The van der Waals surface area contributed by atoms with E-state index in [-0.39, 0.29) is 5.91 Å². The summed E-state index contributed by atoms with van der Waals surface area (Å²) in [6, 6.07) is 4.22. The number of nitrogens with zero attached hydrogens (tertiary/aromatic N) is 3. The van der Waals surface area contributed by atoms with E-state index in [0.29, 0.717) is 30.0 Å². The monoisotopic (exact) mass is 311 g/mol. The topological polar surface area (TPSA) is 115 Å². The number of carbonyl (C=O) groups is 2. The lowest BCUT2D eigenvalue weighted by Crippen LogP contribution is -2.43. The summed E-state index contributed by atoms with van der Waals surface area (Å²) in [6.45, 7) is 0.313. The van der Waals surface area contributed by atoms with Gasteiger partial charge in [-0.25, -0.2) is 14.8 Å². The van der Waals surface area contributed by atoms with Gasteiger partial charge in [-0.3, -0.25) is 4.79 Å². The molecule has 1 aliphatic heterocycles. The zero-order chi connectivity index (χ0) is 16.0. The standard InChI is InChI=1S/C15H13N5O3/c21-14(10-6-8-2-1-4-16-13(8)19-10)20-5-3-9-11(18-7-17-9)12(20)15(22)23/h1-2,4,6-7,12H,3,5H2,(H,16,19)(H,17,18)(H,22,23). The molecule has 0 fully saturated rings. The van der Waals surface area contributed by atoms with Gasteiger partial charge in [0.25, 0.3) is 5.91 Å². The molecule has 0 saturated heterocycles. The fourth-order valence-electron chi connectivity index (χ4n) is 2.97. The second-order valence-electron chi connectivity index (χ2n) is 5.38. The summed E-state index contributed by atoms with van der Waals surface area (Å²) in [4.78, 5) is 39.9. The normalized spacial score (nSPS) is 17.2. The zero-order valence-corrected chi connectivity index (χ0v) is 12.0. The number of nitrogens with one attached hydrogen (secondary N) is 2. The molecule has 1 aliphatic rings. The van der Waals surface area contributed by atoms with Crippen molar-refractivity contribution in [3.63, 3.8) is 0 Å². The average Bonchev–Trinajstić information content (AvgIpc) is 3.18. The number of carbonyl (C=O) groups excluding carboxylic acids is 1. The maximum atomic E-state index is 12.8. The van der Waals surface area contributed by atoms with Crippen LogP contribution in [0.5, 0.6) is 0 Å².